The van der Waals surface area contributed by atoms with Crippen LogP contribution >= 0.6 is 0 Å². The zero-order chi connectivity index (χ0) is 25.7. The first-order valence-corrected chi connectivity index (χ1v) is 16.4. The quantitative estimate of drug-likeness (QED) is 0.261. The molecular formula is C37H51N. The highest BCUT2D eigenvalue weighted by atomic mass is 14.5. The SMILES string of the molecule is N=C/C=C\CCC1=CC(C2CCC(C3CCC(C4=CCC5C=CC=CC5C4)CC3)C3CCC=CC23)CCC1. The molecule has 2 fully saturated rings. The van der Waals surface area contributed by atoms with Crippen LogP contribution in [-0.2, 0) is 0 Å². The largest absolute Gasteiger partial charge is 0.309 e. The Balaban J connectivity index is 1.07. The number of rotatable bonds is 7. The molecule has 7 atom stereocenters. The van der Waals surface area contributed by atoms with Gasteiger partial charge >= 0.3 is 0 Å². The fourth-order valence-electron chi connectivity index (χ4n) is 9.79. The molecule has 38 heavy (non-hydrogen) atoms. The maximum absolute atomic E-state index is 7.21. The van der Waals surface area contributed by atoms with Crippen molar-refractivity contribution < 1.29 is 0 Å². The molecule has 2 saturated carbocycles. The number of hydrogen-bond donors (Lipinski definition) is 1. The van der Waals surface area contributed by atoms with Gasteiger partial charge in [-0.15, -0.1) is 0 Å². The molecule has 6 aliphatic carbocycles. The zero-order valence-electron chi connectivity index (χ0n) is 23.7. The van der Waals surface area contributed by atoms with Crippen molar-refractivity contribution in [2.45, 2.75) is 96.3 Å². The van der Waals surface area contributed by atoms with Crippen LogP contribution in [0.1, 0.15) is 96.3 Å². The van der Waals surface area contributed by atoms with Gasteiger partial charge in [0.1, 0.15) is 0 Å². The summed E-state index contributed by atoms with van der Waals surface area (Å²) in [6.07, 6.45) is 46.2. The Morgan fingerprint density at radius 2 is 1.66 bits per heavy atom. The van der Waals surface area contributed by atoms with E-state index in [4.69, 9.17) is 5.41 Å². The summed E-state index contributed by atoms with van der Waals surface area (Å²) in [5, 5.41) is 7.21. The van der Waals surface area contributed by atoms with Crippen molar-refractivity contribution in [1.29, 1.82) is 5.41 Å². The monoisotopic (exact) mass is 509 g/mol. The van der Waals surface area contributed by atoms with Crippen molar-refractivity contribution in [1.82, 2.24) is 0 Å². The van der Waals surface area contributed by atoms with E-state index in [0.29, 0.717) is 0 Å². The Morgan fingerprint density at radius 1 is 0.816 bits per heavy atom. The normalized spacial score (nSPS) is 40.8. The summed E-state index contributed by atoms with van der Waals surface area (Å²) in [6, 6.07) is 0. The summed E-state index contributed by atoms with van der Waals surface area (Å²) in [5.41, 5.74) is 3.52. The molecule has 1 N–H and O–H groups in total. The summed E-state index contributed by atoms with van der Waals surface area (Å²) >= 11 is 0. The third kappa shape index (κ3) is 5.83. The highest BCUT2D eigenvalue weighted by Gasteiger charge is 2.45. The molecule has 0 aromatic heterocycles. The number of hydrogen-bond acceptors (Lipinski definition) is 1. The molecule has 1 heteroatoms. The lowest BCUT2D eigenvalue weighted by Crippen LogP contribution is -2.42. The van der Waals surface area contributed by atoms with E-state index in [-0.39, 0.29) is 0 Å². The van der Waals surface area contributed by atoms with Gasteiger partial charge in [0.25, 0.3) is 0 Å². The van der Waals surface area contributed by atoms with E-state index >= 15 is 0 Å². The van der Waals surface area contributed by atoms with Crippen LogP contribution < -0.4 is 0 Å². The molecule has 0 bridgehead atoms. The predicted octanol–water partition coefficient (Wildman–Crippen LogP) is 10.2. The maximum atomic E-state index is 7.21. The van der Waals surface area contributed by atoms with E-state index in [0.717, 1.165) is 59.7 Å². The van der Waals surface area contributed by atoms with Gasteiger partial charge < -0.3 is 5.41 Å². The molecule has 6 aliphatic rings. The van der Waals surface area contributed by atoms with Crippen molar-refractivity contribution in [3.8, 4) is 0 Å². The Kier molecular flexibility index (Phi) is 8.68. The van der Waals surface area contributed by atoms with E-state index in [1.54, 1.807) is 5.57 Å². The topological polar surface area (TPSA) is 23.9 Å². The van der Waals surface area contributed by atoms with Crippen LogP contribution in [0.4, 0.5) is 0 Å². The average Bonchev–Trinajstić information content (AvgIpc) is 2.99. The molecule has 0 aromatic carbocycles. The molecule has 0 spiro atoms. The van der Waals surface area contributed by atoms with Crippen molar-refractivity contribution in [3.05, 3.63) is 71.9 Å². The lowest BCUT2D eigenvalue weighted by atomic mass is 9.55. The second-order valence-electron chi connectivity index (χ2n) is 13.6. The molecule has 0 saturated heterocycles. The molecular weight excluding hydrogens is 458 g/mol. The van der Waals surface area contributed by atoms with Crippen LogP contribution in [0.2, 0.25) is 0 Å². The van der Waals surface area contributed by atoms with Gasteiger partial charge in [0.2, 0.25) is 0 Å². The Morgan fingerprint density at radius 3 is 2.53 bits per heavy atom. The van der Waals surface area contributed by atoms with Crippen LogP contribution in [-0.4, -0.2) is 6.21 Å². The molecule has 0 aromatic rings. The fraction of sp³-hybridized carbons (Fsp3) is 0.649. The van der Waals surface area contributed by atoms with Crippen molar-refractivity contribution in [3.63, 3.8) is 0 Å². The van der Waals surface area contributed by atoms with Gasteiger partial charge in [-0.1, -0.05) is 65.8 Å². The van der Waals surface area contributed by atoms with Crippen molar-refractivity contribution in [2.24, 2.45) is 53.3 Å². The minimum Gasteiger partial charge on any atom is -0.309 e. The van der Waals surface area contributed by atoms with E-state index in [1.165, 1.54) is 96.1 Å². The lowest BCUT2D eigenvalue weighted by Gasteiger charge is -2.50. The van der Waals surface area contributed by atoms with Crippen LogP contribution in [0, 0.1) is 58.7 Å². The van der Waals surface area contributed by atoms with E-state index in [9.17, 15) is 0 Å². The highest BCUT2D eigenvalue weighted by molar-refractivity contribution is 5.67. The summed E-state index contributed by atoms with van der Waals surface area (Å²) < 4.78 is 0. The molecule has 1 nitrogen and oxygen atoms in total. The molecule has 6 rings (SSSR count). The van der Waals surface area contributed by atoms with E-state index in [2.05, 4.69) is 54.7 Å². The molecule has 0 heterocycles. The lowest BCUT2D eigenvalue weighted by molar-refractivity contribution is 0.0306. The second kappa shape index (κ2) is 12.5. The summed E-state index contributed by atoms with van der Waals surface area (Å²) in [6.45, 7) is 0. The Hall–Kier alpha value is -1.89. The van der Waals surface area contributed by atoms with Gasteiger partial charge in [0.15, 0.2) is 0 Å². The minimum atomic E-state index is 0.769. The number of fused-ring (bicyclic) bond motifs is 2. The van der Waals surface area contributed by atoms with Crippen LogP contribution in [0.15, 0.2) is 71.9 Å². The van der Waals surface area contributed by atoms with Crippen LogP contribution in [0.3, 0.4) is 0 Å². The fourth-order valence-corrected chi connectivity index (χ4v) is 9.79. The Bertz CT molecular complexity index is 996. The van der Waals surface area contributed by atoms with Crippen LogP contribution in [0.5, 0.6) is 0 Å². The van der Waals surface area contributed by atoms with Gasteiger partial charge in [0.05, 0.1) is 0 Å². The first kappa shape index (κ1) is 26.3. The molecule has 0 aliphatic heterocycles. The van der Waals surface area contributed by atoms with Gasteiger partial charge in [-0.25, -0.2) is 0 Å². The second-order valence-corrected chi connectivity index (χ2v) is 13.6. The maximum Gasteiger partial charge on any atom is 0.0174 e. The van der Waals surface area contributed by atoms with Gasteiger partial charge in [-0.2, -0.15) is 0 Å². The first-order chi connectivity index (χ1) is 18.8. The molecule has 7 unspecified atom stereocenters. The average molecular weight is 510 g/mol. The molecule has 0 amide bonds. The number of allylic oxidation sites excluding steroid dienone is 12. The van der Waals surface area contributed by atoms with Gasteiger partial charge in [0, 0.05) is 6.21 Å². The van der Waals surface area contributed by atoms with Crippen molar-refractivity contribution >= 4 is 6.21 Å². The minimum absolute atomic E-state index is 0.769. The Labute approximate surface area is 232 Å². The predicted molar refractivity (Wildman–Crippen MR) is 162 cm³/mol. The molecule has 0 radical (unpaired) electrons. The smallest absolute Gasteiger partial charge is 0.0174 e. The summed E-state index contributed by atoms with van der Waals surface area (Å²) in [4.78, 5) is 0. The number of nitrogens with one attached hydrogen (secondary N) is 1. The van der Waals surface area contributed by atoms with Crippen molar-refractivity contribution in [2.75, 3.05) is 0 Å². The van der Waals surface area contributed by atoms with Crippen LogP contribution in [0.25, 0.3) is 0 Å². The van der Waals surface area contributed by atoms with E-state index < -0.39 is 0 Å². The standard InChI is InChI=1S/C37H51N/c38-24-7-1-2-9-27-10-8-13-33(25-27)35-23-22-34(36-14-5-6-15-37(35)36)30-19-16-29(17-20-30)32-21-18-28-11-3-4-12-31(28)26-32/h1,3-4,6-7,11-12,15,21,24-25,28-31,33-38H,2,5,8-10,13-14,16-20,22-23,26H2/b7-1-,38-24?. The van der Waals surface area contributed by atoms with E-state index in [1.807, 2.05) is 11.6 Å². The summed E-state index contributed by atoms with van der Waals surface area (Å²) in [7, 11) is 0. The van der Waals surface area contributed by atoms with Gasteiger partial charge in [-0.3, -0.25) is 0 Å². The van der Waals surface area contributed by atoms with Gasteiger partial charge in [-0.05, 0) is 156 Å². The zero-order valence-corrected chi connectivity index (χ0v) is 23.7. The highest BCUT2D eigenvalue weighted by Crippen LogP contribution is 2.54. The summed E-state index contributed by atoms with van der Waals surface area (Å²) in [5.74, 6) is 7.87. The third-order valence-electron chi connectivity index (χ3n) is 11.7. The molecule has 204 valence electrons. The first-order valence-electron chi connectivity index (χ1n) is 16.4. The third-order valence-corrected chi connectivity index (χ3v) is 11.7.